The number of anilines is 1. The maximum Gasteiger partial charge on any atom is 0.196 e. The maximum atomic E-state index is 13.7. The van der Waals surface area contributed by atoms with Crippen LogP contribution in [0.25, 0.3) is 0 Å². The van der Waals surface area contributed by atoms with Crippen molar-refractivity contribution < 1.29 is 9.18 Å². The molecule has 0 atom stereocenters. The second-order valence-corrected chi connectivity index (χ2v) is 5.06. The van der Waals surface area contributed by atoms with Gasteiger partial charge in [-0.05, 0) is 30.3 Å². The van der Waals surface area contributed by atoms with Crippen LogP contribution in [0.1, 0.15) is 15.9 Å². The van der Waals surface area contributed by atoms with Crippen LogP contribution < -0.4 is 5.73 Å². The minimum absolute atomic E-state index is 0.110. The van der Waals surface area contributed by atoms with Gasteiger partial charge in [-0.25, -0.2) is 4.39 Å². The molecule has 98 valence electrons. The van der Waals surface area contributed by atoms with Gasteiger partial charge in [0.05, 0.1) is 21.3 Å². The van der Waals surface area contributed by atoms with Crippen molar-refractivity contribution in [3.05, 3.63) is 62.3 Å². The summed E-state index contributed by atoms with van der Waals surface area (Å²) in [5.74, 6) is -1.25. The van der Waals surface area contributed by atoms with Crippen molar-refractivity contribution in [2.24, 2.45) is 0 Å². The van der Waals surface area contributed by atoms with E-state index in [9.17, 15) is 9.18 Å². The Kier molecular flexibility index (Phi) is 3.99. The Morgan fingerprint density at radius 2 is 1.63 bits per heavy atom. The molecule has 0 aliphatic carbocycles. The van der Waals surface area contributed by atoms with E-state index in [0.29, 0.717) is 0 Å². The SMILES string of the molecule is Nc1c(Cl)cc(C(=O)c2ccc(Cl)cc2F)cc1Cl. The molecular weight excluding hydrogens is 312 g/mol. The van der Waals surface area contributed by atoms with Gasteiger partial charge in [0.15, 0.2) is 5.78 Å². The fraction of sp³-hybridized carbons (Fsp3) is 0. The Balaban J connectivity index is 2.50. The predicted octanol–water partition coefficient (Wildman–Crippen LogP) is 4.60. The van der Waals surface area contributed by atoms with E-state index in [1.165, 1.54) is 24.3 Å². The molecule has 0 unspecified atom stereocenters. The quantitative estimate of drug-likeness (QED) is 0.649. The van der Waals surface area contributed by atoms with Gasteiger partial charge in [0, 0.05) is 10.6 Å². The van der Waals surface area contributed by atoms with Crippen molar-refractivity contribution in [1.29, 1.82) is 0 Å². The van der Waals surface area contributed by atoms with E-state index in [-0.39, 0.29) is 31.9 Å². The fourth-order valence-corrected chi connectivity index (χ4v) is 2.19. The van der Waals surface area contributed by atoms with Gasteiger partial charge < -0.3 is 5.73 Å². The Hall–Kier alpha value is -1.29. The summed E-state index contributed by atoms with van der Waals surface area (Å²) in [6.45, 7) is 0. The number of benzene rings is 2. The molecule has 2 aromatic carbocycles. The van der Waals surface area contributed by atoms with Crippen LogP contribution >= 0.6 is 34.8 Å². The molecule has 2 nitrogen and oxygen atoms in total. The molecule has 0 aliphatic heterocycles. The van der Waals surface area contributed by atoms with E-state index in [1.807, 2.05) is 0 Å². The van der Waals surface area contributed by atoms with Crippen molar-refractivity contribution in [1.82, 2.24) is 0 Å². The highest BCUT2D eigenvalue weighted by Gasteiger charge is 2.16. The fourth-order valence-electron chi connectivity index (χ4n) is 1.54. The average Bonchev–Trinajstić information content (AvgIpc) is 2.34. The second-order valence-electron chi connectivity index (χ2n) is 3.81. The van der Waals surface area contributed by atoms with Gasteiger partial charge in [0.2, 0.25) is 0 Å². The lowest BCUT2D eigenvalue weighted by molar-refractivity contribution is 0.103. The third-order valence-corrected chi connectivity index (χ3v) is 3.38. The number of rotatable bonds is 2. The number of nitrogen functional groups attached to an aromatic ring is 1. The molecule has 0 saturated heterocycles. The zero-order valence-corrected chi connectivity index (χ0v) is 11.7. The molecule has 2 rings (SSSR count). The number of carbonyl (C=O) groups is 1. The van der Waals surface area contributed by atoms with Crippen LogP contribution in [0.3, 0.4) is 0 Å². The predicted molar refractivity (Wildman–Crippen MR) is 75.7 cm³/mol. The van der Waals surface area contributed by atoms with Gasteiger partial charge >= 0.3 is 0 Å². The van der Waals surface area contributed by atoms with Crippen LogP contribution in [0.4, 0.5) is 10.1 Å². The van der Waals surface area contributed by atoms with Crippen molar-refractivity contribution >= 4 is 46.3 Å². The van der Waals surface area contributed by atoms with Crippen LogP contribution in [0.5, 0.6) is 0 Å². The van der Waals surface area contributed by atoms with E-state index in [1.54, 1.807) is 0 Å². The van der Waals surface area contributed by atoms with E-state index in [0.717, 1.165) is 6.07 Å². The molecule has 0 amide bonds. The lowest BCUT2D eigenvalue weighted by Gasteiger charge is -2.07. The normalized spacial score (nSPS) is 10.5. The molecule has 0 spiro atoms. The number of hydrogen-bond donors (Lipinski definition) is 1. The van der Waals surface area contributed by atoms with Crippen molar-refractivity contribution in [3.8, 4) is 0 Å². The van der Waals surface area contributed by atoms with E-state index < -0.39 is 11.6 Å². The van der Waals surface area contributed by atoms with E-state index in [4.69, 9.17) is 40.5 Å². The first-order valence-electron chi connectivity index (χ1n) is 5.14. The summed E-state index contributed by atoms with van der Waals surface area (Å²) in [7, 11) is 0. The molecular formula is C13H7Cl3FNO. The number of carbonyl (C=O) groups excluding carboxylic acids is 1. The van der Waals surface area contributed by atoms with Crippen LogP contribution in [0, 0.1) is 5.82 Å². The summed E-state index contributed by atoms with van der Waals surface area (Å²) in [5.41, 5.74) is 5.80. The van der Waals surface area contributed by atoms with Crippen LogP contribution in [0.15, 0.2) is 30.3 Å². The van der Waals surface area contributed by atoms with Crippen LogP contribution in [-0.2, 0) is 0 Å². The molecule has 0 fully saturated rings. The highest BCUT2D eigenvalue weighted by molar-refractivity contribution is 6.39. The largest absolute Gasteiger partial charge is 0.396 e. The number of ketones is 1. The monoisotopic (exact) mass is 317 g/mol. The average molecular weight is 319 g/mol. The lowest BCUT2D eigenvalue weighted by atomic mass is 10.0. The summed E-state index contributed by atoms with van der Waals surface area (Å²) in [5, 5.41) is 0.498. The standard InChI is InChI=1S/C13H7Cl3FNO/c14-7-1-2-8(11(17)5-7)13(19)6-3-9(15)12(18)10(16)4-6/h1-5H,18H2. The minimum atomic E-state index is -0.707. The zero-order valence-electron chi connectivity index (χ0n) is 9.38. The van der Waals surface area contributed by atoms with Gasteiger partial charge in [0.1, 0.15) is 5.82 Å². The Labute approximate surface area is 123 Å². The molecule has 19 heavy (non-hydrogen) atoms. The maximum absolute atomic E-state index is 13.7. The smallest absolute Gasteiger partial charge is 0.196 e. The van der Waals surface area contributed by atoms with Crippen LogP contribution in [0.2, 0.25) is 15.1 Å². The Morgan fingerprint density at radius 1 is 1.05 bits per heavy atom. The summed E-state index contributed by atoms with van der Waals surface area (Å²) in [4.78, 5) is 12.2. The highest BCUT2D eigenvalue weighted by Crippen LogP contribution is 2.30. The second kappa shape index (κ2) is 5.37. The molecule has 0 saturated carbocycles. The van der Waals surface area contributed by atoms with Gasteiger partial charge in [0.25, 0.3) is 0 Å². The van der Waals surface area contributed by atoms with Crippen molar-refractivity contribution in [3.63, 3.8) is 0 Å². The zero-order chi connectivity index (χ0) is 14.2. The van der Waals surface area contributed by atoms with Gasteiger partial charge in [-0.3, -0.25) is 4.79 Å². The van der Waals surface area contributed by atoms with Gasteiger partial charge in [-0.1, -0.05) is 34.8 Å². The molecule has 0 radical (unpaired) electrons. The summed E-state index contributed by atoms with van der Waals surface area (Å²) < 4.78 is 13.7. The molecule has 0 heterocycles. The summed E-state index contributed by atoms with van der Waals surface area (Å²) in [6, 6.07) is 6.49. The number of halogens is 4. The lowest BCUT2D eigenvalue weighted by Crippen LogP contribution is -2.05. The molecule has 2 N–H and O–H groups in total. The summed E-state index contributed by atoms with van der Waals surface area (Å²) in [6.07, 6.45) is 0. The Morgan fingerprint density at radius 3 is 2.16 bits per heavy atom. The molecule has 0 bridgehead atoms. The third kappa shape index (κ3) is 2.84. The van der Waals surface area contributed by atoms with Crippen molar-refractivity contribution in [2.45, 2.75) is 0 Å². The minimum Gasteiger partial charge on any atom is -0.396 e. The Bertz CT molecular complexity index is 650. The highest BCUT2D eigenvalue weighted by atomic mass is 35.5. The first-order valence-corrected chi connectivity index (χ1v) is 6.28. The summed E-state index contributed by atoms with van der Waals surface area (Å²) >= 11 is 17.3. The van der Waals surface area contributed by atoms with Crippen molar-refractivity contribution in [2.75, 3.05) is 5.73 Å². The molecule has 0 aromatic heterocycles. The molecule has 0 aliphatic rings. The van der Waals surface area contributed by atoms with E-state index >= 15 is 0 Å². The van der Waals surface area contributed by atoms with Gasteiger partial charge in [-0.2, -0.15) is 0 Å². The molecule has 6 heteroatoms. The van der Waals surface area contributed by atoms with Gasteiger partial charge in [-0.15, -0.1) is 0 Å². The topological polar surface area (TPSA) is 43.1 Å². The number of hydrogen-bond acceptors (Lipinski definition) is 2. The third-order valence-electron chi connectivity index (χ3n) is 2.52. The first-order chi connectivity index (χ1) is 8.90. The first kappa shape index (κ1) is 14.1. The number of nitrogens with two attached hydrogens (primary N) is 1. The van der Waals surface area contributed by atoms with E-state index in [2.05, 4.69) is 0 Å². The molecule has 2 aromatic rings. The van der Waals surface area contributed by atoms with Crippen LogP contribution in [-0.4, -0.2) is 5.78 Å².